The molecular formula is C18H26O3. The van der Waals surface area contributed by atoms with Gasteiger partial charge in [0.1, 0.15) is 5.75 Å². The maximum Gasteiger partial charge on any atom is 0.183 e. The maximum absolute atomic E-state index is 5.82. The first-order valence-corrected chi connectivity index (χ1v) is 7.96. The Morgan fingerprint density at radius 2 is 1.86 bits per heavy atom. The van der Waals surface area contributed by atoms with Gasteiger partial charge < -0.3 is 14.2 Å². The lowest BCUT2D eigenvalue weighted by atomic mass is 10.1. The maximum atomic E-state index is 5.82. The molecule has 0 aromatic heterocycles. The average Bonchev–Trinajstić information content (AvgIpc) is 2.53. The molecule has 1 aliphatic heterocycles. The summed E-state index contributed by atoms with van der Waals surface area (Å²) >= 11 is 0. The first-order valence-electron chi connectivity index (χ1n) is 7.96. The molecule has 0 amide bonds. The predicted molar refractivity (Wildman–Crippen MR) is 84.4 cm³/mol. The van der Waals surface area contributed by atoms with Crippen LogP contribution in [-0.4, -0.2) is 19.8 Å². The quantitative estimate of drug-likeness (QED) is 0.547. The lowest BCUT2D eigenvalue weighted by Gasteiger charge is -2.28. The van der Waals surface area contributed by atoms with E-state index in [1.165, 1.54) is 12.8 Å². The first-order chi connectivity index (χ1) is 10.3. The molecule has 0 unspecified atom stereocenters. The van der Waals surface area contributed by atoms with Crippen LogP contribution in [0.5, 0.6) is 5.75 Å². The summed E-state index contributed by atoms with van der Waals surface area (Å²) < 4.78 is 17.1. The highest BCUT2D eigenvalue weighted by atomic mass is 16.7. The summed E-state index contributed by atoms with van der Waals surface area (Å²) in [6, 6.07) is 7.94. The van der Waals surface area contributed by atoms with Crippen LogP contribution in [0.25, 0.3) is 0 Å². The third-order valence-electron chi connectivity index (χ3n) is 3.52. The van der Waals surface area contributed by atoms with Gasteiger partial charge in [0.25, 0.3) is 0 Å². The molecule has 0 bridgehead atoms. The van der Waals surface area contributed by atoms with Crippen LogP contribution in [0.2, 0.25) is 0 Å². The fourth-order valence-electron chi connectivity index (χ4n) is 2.32. The van der Waals surface area contributed by atoms with Crippen molar-refractivity contribution in [2.24, 2.45) is 5.92 Å². The third-order valence-corrected chi connectivity index (χ3v) is 3.52. The molecule has 0 saturated carbocycles. The minimum absolute atomic E-state index is 0.249. The van der Waals surface area contributed by atoms with Gasteiger partial charge in [0.05, 0.1) is 19.8 Å². The molecule has 21 heavy (non-hydrogen) atoms. The van der Waals surface area contributed by atoms with E-state index in [2.05, 4.69) is 19.1 Å². The summed E-state index contributed by atoms with van der Waals surface area (Å²) in [7, 11) is 0. The monoisotopic (exact) mass is 290 g/mol. The minimum Gasteiger partial charge on any atom is -0.494 e. The van der Waals surface area contributed by atoms with Gasteiger partial charge >= 0.3 is 0 Å². The number of ether oxygens (including phenoxy) is 3. The zero-order chi connectivity index (χ0) is 14.9. The van der Waals surface area contributed by atoms with Gasteiger partial charge in [0.2, 0.25) is 0 Å². The SMILES string of the molecule is CCCC/C=C/C1COC(c2ccc(OCC)cc2)OC1. The van der Waals surface area contributed by atoms with E-state index in [-0.39, 0.29) is 6.29 Å². The number of unbranched alkanes of at least 4 members (excludes halogenated alkanes) is 2. The van der Waals surface area contributed by atoms with Crippen LogP contribution in [-0.2, 0) is 9.47 Å². The van der Waals surface area contributed by atoms with E-state index in [9.17, 15) is 0 Å². The summed E-state index contributed by atoms with van der Waals surface area (Å²) in [5, 5.41) is 0. The highest BCUT2D eigenvalue weighted by molar-refractivity contribution is 5.28. The highest BCUT2D eigenvalue weighted by Gasteiger charge is 2.21. The number of hydrogen-bond donors (Lipinski definition) is 0. The lowest BCUT2D eigenvalue weighted by Crippen LogP contribution is -2.25. The van der Waals surface area contributed by atoms with E-state index in [0.29, 0.717) is 12.5 Å². The van der Waals surface area contributed by atoms with E-state index in [1.807, 2.05) is 31.2 Å². The van der Waals surface area contributed by atoms with Crippen molar-refractivity contribution in [2.45, 2.75) is 39.4 Å². The van der Waals surface area contributed by atoms with Gasteiger partial charge in [-0.1, -0.05) is 44.1 Å². The van der Waals surface area contributed by atoms with Crippen molar-refractivity contribution in [3.63, 3.8) is 0 Å². The van der Waals surface area contributed by atoms with Crippen molar-refractivity contribution in [2.75, 3.05) is 19.8 Å². The fraction of sp³-hybridized carbons (Fsp3) is 0.556. The average molecular weight is 290 g/mol. The highest BCUT2D eigenvalue weighted by Crippen LogP contribution is 2.27. The normalized spacial score (nSPS) is 22.6. The number of allylic oxidation sites excluding steroid dienone is 1. The largest absolute Gasteiger partial charge is 0.494 e. The van der Waals surface area contributed by atoms with Crippen molar-refractivity contribution in [1.82, 2.24) is 0 Å². The van der Waals surface area contributed by atoms with Gasteiger partial charge in [-0.2, -0.15) is 0 Å². The molecule has 1 aliphatic rings. The molecule has 116 valence electrons. The Bertz CT molecular complexity index is 417. The summed E-state index contributed by atoms with van der Waals surface area (Å²) in [5.41, 5.74) is 1.05. The van der Waals surface area contributed by atoms with Gasteiger partial charge in [0, 0.05) is 11.5 Å². The second-order valence-electron chi connectivity index (χ2n) is 5.33. The Morgan fingerprint density at radius 3 is 2.48 bits per heavy atom. The van der Waals surface area contributed by atoms with Gasteiger partial charge in [-0.15, -0.1) is 0 Å². The summed E-state index contributed by atoms with van der Waals surface area (Å²) in [6.07, 6.45) is 7.86. The predicted octanol–water partition coefficient (Wildman–Crippen LogP) is 4.49. The topological polar surface area (TPSA) is 27.7 Å². The van der Waals surface area contributed by atoms with Crippen LogP contribution in [0.4, 0.5) is 0 Å². The molecular weight excluding hydrogens is 264 g/mol. The van der Waals surface area contributed by atoms with Crippen LogP contribution < -0.4 is 4.74 Å². The van der Waals surface area contributed by atoms with E-state index >= 15 is 0 Å². The van der Waals surface area contributed by atoms with Crippen LogP contribution >= 0.6 is 0 Å². The minimum atomic E-state index is -0.249. The Morgan fingerprint density at radius 1 is 1.14 bits per heavy atom. The van der Waals surface area contributed by atoms with E-state index in [0.717, 1.165) is 30.9 Å². The van der Waals surface area contributed by atoms with Gasteiger partial charge in [-0.05, 0) is 25.5 Å². The zero-order valence-corrected chi connectivity index (χ0v) is 13.1. The molecule has 1 aromatic rings. The smallest absolute Gasteiger partial charge is 0.183 e. The van der Waals surface area contributed by atoms with E-state index in [1.54, 1.807) is 0 Å². The molecule has 0 spiro atoms. The van der Waals surface area contributed by atoms with Gasteiger partial charge in [0.15, 0.2) is 6.29 Å². The summed E-state index contributed by atoms with van der Waals surface area (Å²) in [6.45, 7) is 6.32. The first kappa shape index (κ1) is 16.1. The van der Waals surface area contributed by atoms with Crippen molar-refractivity contribution in [1.29, 1.82) is 0 Å². The Hall–Kier alpha value is -1.32. The summed E-state index contributed by atoms with van der Waals surface area (Å²) in [5.74, 6) is 1.26. The summed E-state index contributed by atoms with van der Waals surface area (Å²) in [4.78, 5) is 0. The second kappa shape index (κ2) is 8.85. The van der Waals surface area contributed by atoms with E-state index < -0.39 is 0 Å². The molecule has 1 aromatic carbocycles. The Labute approximate surface area is 127 Å². The number of benzene rings is 1. The Kier molecular flexibility index (Phi) is 6.77. The number of rotatable bonds is 7. The fourth-order valence-corrected chi connectivity index (χ4v) is 2.32. The van der Waals surface area contributed by atoms with Crippen LogP contribution in [0, 0.1) is 5.92 Å². The van der Waals surface area contributed by atoms with Crippen LogP contribution in [0.15, 0.2) is 36.4 Å². The lowest BCUT2D eigenvalue weighted by molar-refractivity contribution is -0.197. The second-order valence-corrected chi connectivity index (χ2v) is 5.33. The molecule has 2 rings (SSSR count). The molecule has 1 fully saturated rings. The van der Waals surface area contributed by atoms with Crippen molar-refractivity contribution >= 4 is 0 Å². The van der Waals surface area contributed by atoms with Crippen LogP contribution in [0.3, 0.4) is 0 Å². The zero-order valence-electron chi connectivity index (χ0n) is 13.1. The molecule has 0 N–H and O–H groups in total. The molecule has 1 saturated heterocycles. The molecule has 1 heterocycles. The standard InChI is InChI=1S/C18H26O3/c1-3-5-6-7-8-15-13-20-18(21-14-15)16-9-11-17(12-10-16)19-4-2/h7-12,15,18H,3-6,13-14H2,1-2H3/b8-7+. The molecule has 0 aliphatic carbocycles. The van der Waals surface area contributed by atoms with Crippen LogP contribution in [0.1, 0.15) is 45.0 Å². The molecule has 3 nitrogen and oxygen atoms in total. The third kappa shape index (κ3) is 5.18. The Balaban J connectivity index is 1.79. The van der Waals surface area contributed by atoms with Crippen molar-refractivity contribution in [3.8, 4) is 5.75 Å². The van der Waals surface area contributed by atoms with Crippen molar-refractivity contribution < 1.29 is 14.2 Å². The van der Waals surface area contributed by atoms with Gasteiger partial charge in [-0.3, -0.25) is 0 Å². The van der Waals surface area contributed by atoms with Crippen molar-refractivity contribution in [3.05, 3.63) is 42.0 Å². The molecule has 0 atom stereocenters. The van der Waals surface area contributed by atoms with Gasteiger partial charge in [-0.25, -0.2) is 0 Å². The number of hydrogen-bond acceptors (Lipinski definition) is 3. The van der Waals surface area contributed by atoms with E-state index in [4.69, 9.17) is 14.2 Å². The molecule has 0 radical (unpaired) electrons. The molecule has 3 heteroatoms.